The van der Waals surface area contributed by atoms with Crippen LogP contribution in [0.3, 0.4) is 0 Å². The first-order valence-corrected chi connectivity index (χ1v) is 7.61. The van der Waals surface area contributed by atoms with Gasteiger partial charge in [0.15, 0.2) is 0 Å². The summed E-state index contributed by atoms with van der Waals surface area (Å²) in [5, 5.41) is 0. The number of aromatic nitrogens is 1. The number of likely N-dealkylation sites (tertiary alicyclic amines) is 1. The van der Waals surface area contributed by atoms with Gasteiger partial charge in [-0.15, -0.1) is 0 Å². The lowest BCUT2D eigenvalue weighted by Gasteiger charge is -2.29. The maximum Gasteiger partial charge on any atom is 0.0603 e. The summed E-state index contributed by atoms with van der Waals surface area (Å²) in [7, 11) is 4.36. The predicted octanol–water partition coefficient (Wildman–Crippen LogP) is 2.81. The van der Waals surface area contributed by atoms with E-state index >= 15 is 0 Å². The summed E-state index contributed by atoms with van der Waals surface area (Å²) in [6.07, 6.45) is 5.02. The van der Waals surface area contributed by atoms with Crippen LogP contribution in [-0.2, 0) is 0 Å². The van der Waals surface area contributed by atoms with Gasteiger partial charge in [-0.25, -0.2) is 0 Å². The molecule has 0 radical (unpaired) electrons. The van der Waals surface area contributed by atoms with Crippen molar-refractivity contribution in [1.82, 2.24) is 14.8 Å². The van der Waals surface area contributed by atoms with Crippen LogP contribution in [0, 0.1) is 0 Å². The molecule has 1 aliphatic rings. The van der Waals surface area contributed by atoms with Crippen molar-refractivity contribution >= 4 is 0 Å². The van der Waals surface area contributed by atoms with Gasteiger partial charge in [0.05, 0.1) is 6.04 Å². The third-order valence-electron chi connectivity index (χ3n) is 4.43. The van der Waals surface area contributed by atoms with Gasteiger partial charge in [-0.3, -0.25) is 9.88 Å². The van der Waals surface area contributed by atoms with Crippen molar-refractivity contribution in [3.63, 3.8) is 0 Å². The van der Waals surface area contributed by atoms with E-state index in [0.29, 0.717) is 12.1 Å². The largest absolute Gasteiger partial charge is 0.305 e. The van der Waals surface area contributed by atoms with Crippen LogP contribution < -0.4 is 0 Å². The van der Waals surface area contributed by atoms with Crippen molar-refractivity contribution in [3.05, 3.63) is 66.0 Å². The average molecular weight is 281 g/mol. The standard InChI is InChI=1S/C18H23N3/c1-20(2)17-10-13-21(14-17)18(15-6-4-3-5-7-15)16-8-11-19-12-9-16/h3-9,11-12,17-18H,10,13-14H2,1-2H3. The maximum atomic E-state index is 4.16. The molecule has 3 nitrogen and oxygen atoms in total. The van der Waals surface area contributed by atoms with Crippen LogP contribution in [0.15, 0.2) is 54.9 Å². The Morgan fingerprint density at radius 2 is 1.71 bits per heavy atom. The maximum absolute atomic E-state index is 4.16. The van der Waals surface area contributed by atoms with E-state index in [1.165, 1.54) is 17.5 Å². The second-order valence-corrected chi connectivity index (χ2v) is 5.99. The number of benzene rings is 1. The molecule has 1 aromatic heterocycles. The second-order valence-electron chi connectivity index (χ2n) is 5.99. The van der Waals surface area contributed by atoms with E-state index in [4.69, 9.17) is 0 Å². The third-order valence-corrected chi connectivity index (χ3v) is 4.43. The molecule has 2 unspecified atom stereocenters. The van der Waals surface area contributed by atoms with Gasteiger partial charge in [-0.2, -0.15) is 0 Å². The smallest absolute Gasteiger partial charge is 0.0603 e. The fraction of sp³-hybridized carbons (Fsp3) is 0.389. The molecule has 0 aliphatic carbocycles. The van der Waals surface area contributed by atoms with Crippen molar-refractivity contribution in [2.45, 2.75) is 18.5 Å². The Balaban J connectivity index is 1.91. The summed E-state index contributed by atoms with van der Waals surface area (Å²) in [5.74, 6) is 0. The Morgan fingerprint density at radius 3 is 2.33 bits per heavy atom. The predicted molar refractivity (Wildman–Crippen MR) is 86.2 cm³/mol. The molecule has 1 saturated heterocycles. The van der Waals surface area contributed by atoms with E-state index < -0.39 is 0 Å². The van der Waals surface area contributed by atoms with E-state index in [1.807, 2.05) is 12.4 Å². The van der Waals surface area contributed by atoms with Crippen molar-refractivity contribution in [3.8, 4) is 0 Å². The number of rotatable bonds is 4. The van der Waals surface area contributed by atoms with Gasteiger partial charge in [-0.1, -0.05) is 30.3 Å². The molecule has 0 spiro atoms. The summed E-state index contributed by atoms with van der Waals surface area (Å²) >= 11 is 0. The molecule has 0 saturated carbocycles. The first-order chi connectivity index (χ1) is 10.3. The molecule has 1 fully saturated rings. The highest BCUT2D eigenvalue weighted by molar-refractivity contribution is 5.31. The van der Waals surface area contributed by atoms with Crippen molar-refractivity contribution in [2.75, 3.05) is 27.2 Å². The van der Waals surface area contributed by atoms with E-state index in [0.717, 1.165) is 13.1 Å². The lowest BCUT2D eigenvalue weighted by Crippen LogP contribution is -2.33. The van der Waals surface area contributed by atoms with E-state index in [9.17, 15) is 0 Å². The van der Waals surface area contributed by atoms with Crippen LogP contribution in [0.25, 0.3) is 0 Å². The molecule has 2 atom stereocenters. The highest BCUT2D eigenvalue weighted by Gasteiger charge is 2.30. The molecular formula is C18H23N3. The quantitative estimate of drug-likeness (QED) is 0.859. The van der Waals surface area contributed by atoms with E-state index in [1.54, 1.807) is 0 Å². The Bertz CT molecular complexity index is 514. The number of nitrogens with zero attached hydrogens (tertiary/aromatic N) is 3. The Labute approximate surface area is 127 Å². The average Bonchev–Trinajstić information content (AvgIpc) is 3.00. The Morgan fingerprint density at radius 1 is 1.05 bits per heavy atom. The third kappa shape index (κ3) is 3.14. The van der Waals surface area contributed by atoms with Crippen LogP contribution >= 0.6 is 0 Å². The first kappa shape index (κ1) is 14.2. The van der Waals surface area contributed by atoms with Gasteiger partial charge in [0.25, 0.3) is 0 Å². The number of pyridine rings is 1. The second kappa shape index (κ2) is 6.37. The molecular weight excluding hydrogens is 258 g/mol. The van der Waals surface area contributed by atoms with Crippen molar-refractivity contribution < 1.29 is 0 Å². The minimum Gasteiger partial charge on any atom is -0.305 e. The first-order valence-electron chi connectivity index (χ1n) is 7.61. The monoisotopic (exact) mass is 281 g/mol. The highest BCUT2D eigenvalue weighted by Crippen LogP contribution is 2.31. The molecule has 1 aromatic carbocycles. The van der Waals surface area contributed by atoms with Crippen LogP contribution in [0.1, 0.15) is 23.6 Å². The van der Waals surface area contributed by atoms with Crippen LogP contribution in [0.4, 0.5) is 0 Å². The summed E-state index contributed by atoms with van der Waals surface area (Å²) in [6.45, 7) is 2.26. The molecule has 2 heterocycles. The normalized spacial score (nSPS) is 20.8. The summed E-state index contributed by atoms with van der Waals surface area (Å²) in [4.78, 5) is 9.10. The fourth-order valence-corrected chi connectivity index (χ4v) is 3.22. The minimum absolute atomic E-state index is 0.333. The molecule has 2 aromatic rings. The van der Waals surface area contributed by atoms with Gasteiger partial charge >= 0.3 is 0 Å². The zero-order chi connectivity index (χ0) is 14.7. The summed E-state index contributed by atoms with van der Waals surface area (Å²) in [5.41, 5.74) is 2.69. The molecule has 3 rings (SSSR count). The molecule has 0 amide bonds. The molecule has 3 heteroatoms. The van der Waals surface area contributed by atoms with E-state index in [-0.39, 0.29) is 0 Å². The highest BCUT2D eigenvalue weighted by atomic mass is 15.2. The van der Waals surface area contributed by atoms with Crippen molar-refractivity contribution in [2.24, 2.45) is 0 Å². The molecule has 0 N–H and O–H groups in total. The minimum atomic E-state index is 0.333. The van der Waals surface area contributed by atoms with Gasteiger partial charge < -0.3 is 4.90 Å². The van der Waals surface area contributed by atoms with Gasteiger partial charge in [0.2, 0.25) is 0 Å². The van der Waals surface area contributed by atoms with Crippen LogP contribution in [-0.4, -0.2) is 48.0 Å². The topological polar surface area (TPSA) is 19.4 Å². The SMILES string of the molecule is CN(C)C1CCN(C(c2ccccc2)c2ccncc2)C1. The molecule has 1 aliphatic heterocycles. The van der Waals surface area contributed by atoms with Crippen molar-refractivity contribution in [1.29, 1.82) is 0 Å². The zero-order valence-electron chi connectivity index (χ0n) is 12.8. The Hall–Kier alpha value is -1.71. The van der Waals surface area contributed by atoms with Crippen LogP contribution in [0.2, 0.25) is 0 Å². The Kier molecular flexibility index (Phi) is 4.32. The lowest BCUT2D eigenvalue weighted by molar-refractivity contribution is 0.239. The number of hydrogen-bond donors (Lipinski definition) is 0. The van der Waals surface area contributed by atoms with Gasteiger partial charge in [0.1, 0.15) is 0 Å². The van der Waals surface area contributed by atoms with Gasteiger partial charge in [-0.05, 0) is 43.8 Å². The fourth-order valence-electron chi connectivity index (χ4n) is 3.22. The summed E-state index contributed by atoms with van der Waals surface area (Å²) < 4.78 is 0. The molecule has 110 valence electrons. The zero-order valence-corrected chi connectivity index (χ0v) is 12.8. The number of hydrogen-bond acceptors (Lipinski definition) is 3. The molecule has 21 heavy (non-hydrogen) atoms. The van der Waals surface area contributed by atoms with Crippen LogP contribution in [0.5, 0.6) is 0 Å². The summed E-state index contributed by atoms with van der Waals surface area (Å²) in [6, 6.07) is 16.1. The lowest BCUT2D eigenvalue weighted by atomic mass is 9.98. The number of likely N-dealkylation sites (N-methyl/N-ethyl adjacent to an activating group) is 1. The van der Waals surface area contributed by atoms with Gasteiger partial charge in [0, 0.05) is 31.5 Å². The van der Waals surface area contributed by atoms with E-state index in [2.05, 4.69) is 71.3 Å². The molecule has 0 bridgehead atoms.